The number of nitrogens with zero attached hydrogens (tertiary/aromatic N) is 2. The van der Waals surface area contributed by atoms with Crippen molar-refractivity contribution in [2.75, 3.05) is 44.6 Å². The summed E-state index contributed by atoms with van der Waals surface area (Å²) in [4.78, 5) is 28.5. The lowest BCUT2D eigenvalue weighted by molar-refractivity contribution is -0.119. The average molecular weight is 333 g/mol. The van der Waals surface area contributed by atoms with Crippen LogP contribution in [0.25, 0.3) is 0 Å². The number of anilines is 1. The molecule has 1 aromatic carbocycles. The third-order valence-corrected chi connectivity index (χ3v) is 4.14. The summed E-state index contributed by atoms with van der Waals surface area (Å²) >= 11 is 0. The Morgan fingerprint density at radius 2 is 2.08 bits per heavy atom. The second-order valence-electron chi connectivity index (χ2n) is 6.02. The lowest BCUT2D eigenvalue weighted by atomic mass is 10.1. The summed E-state index contributed by atoms with van der Waals surface area (Å²) in [5.74, 6) is -0.0883. The van der Waals surface area contributed by atoms with Gasteiger partial charge in [0.15, 0.2) is 0 Å². The van der Waals surface area contributed by atoms with Gasteiger partial charge in [-0.25, -0.2) is 0 Å². The van der Waals surface area contributed by atoms with Crippen LogP contribution >= 0.6 is 0 Å². The smallest absolute Gasteiger partial charge is 0.253 e. The molecule has 2 rings (SSSR count). The van der Waals surface area contributed by atoms with Crippen molar-refractivity contribution >= 4 is 17.5 Å². The molecule has 0 unspecified atom stereocenters. The SMILES string of the molecule is CCN(CC)C(=O)c1cccc(NC(=O)CN2CCO[C@H](C)C2)c1. The molecule has 1 saturated heterocycles. The van der Waals surface area contributed by atoms with E-state index in [9.17, 15) is 9.59 Å². The summed E-state index contributed by atoms with van der Waals surface area (Å²) in [6, 6.07) is 7.11. The lowest BCUT2D eigenvalue weighted by Crippen LogP contribution is -2.44. The van der Waals surface area contributed by atoms with Crippen LogP contribution in [0, 0.1) is 0 Å². The van der Waals surface area contributed by atoms with Crippen molar-refractivity contribution in [1.82, 2.24) is 9.80 Å². The average Bonchev–Trinajstić information content (AvgIpc) is 2.56. The highest BCUT2D eigenvalue weighted by Gasteiger charge is 2.19. The van der Waals surface area contributed by atoms with E-state index in [4.69, 9.17) is 4.74 Å². The molecule has 0 saturated carbocycles. The van der Waals surface area contributed by atoms with Gasteiger partial charge in [0.25, 0.3) is 5.91 Å². The number of ether oxygens (including phenoxy) is 1. The fraction of sp³-hybridized carbons (Fsp3) is 0.556. The highest BCUT2D eigenvalue weighted by atomic mass is 16.5. The summed E-state index contributed by atoms with van der Waals surface area (Å²) in [5, 5.41) is 2.88. The van der Waals surface area contributed by atoms with Gasteiger partial charge in [-0.1, -0.05) is 6.07 Å². The molecule has 0 radical (unpaired) electrons. The molecule has 1 N–H and O–H groups in total. The summed E-state index contributed by atoms with van der Waals surface area (Å²) in [6.45, 7) is 9.76. The van der Waals surface area contributed by atoms with Gasteiger partial charge in [-0.2, -0.15) is 0 Å². The molecule has 0 aliphatic carbocycles. The molecular weight excluding hydrogens is 306 g/mol. The van der Waals surface area contributed by atoms with Crippen LogP contribution in [0.2, 0.25) is 0 Å². The summed E-state index contributed by atoms with van der Waals surface area (Å²) in [6.07, 6.45) is 0.154. The van der Waals surface area contributed by atoms with Crippen molar-refractivity contribution in [3.63, 3.8) is 0 Å². The van der Waals surface area contributed by atoms with Gasteiger partial charge in [-0.05, 0) is 39.0 Å². The molecule has 1 heterocycles. The van der Waals surface area contributed by atoms with E-state index < -0.39 is 0 Å². The van der Waals surface area contributed by atoms with Gasteiger partial charge in [0.2, 0.25) is 5.91 Å². The molecule has 1 aliphatic heterocycles. The second kappa shape index (κ2) is 8.80. The number of carbonyl (C=O) groups excluding carboxylic acids is 2. The van der Waals surface area contributed by atoms with Gasteiger partial charge in [0, 0.05) is 37.4 Å². The second-order valence-corrected chi connectivity index (χ2v) is 6.02. The normalized spacial score (nSPS) is 18.2. The van der Waals surface area contributed by atoms with Gasteiger partial charge in [-0.15, -0.1) is 0 Å². The molecule has 6 nitrogen and oxygen atoms in total. The number of carbonyl (C=O) groups is 2. The van der Waals surface area contributed by atoms with Crippen molar-refractivity contribution in [2.45, 2.75) is 26.9 Å². The first-order valence-electron chi connectivity index (χ1n) is 8.56. The van der Waals surface area contributed by atoms with Crippen molar-refractivity contribution in [1.29, 1.82) is 0 Å². The zero-order valence-electron chi connectivity index (χ0n) is 14.7. The van der Waals surface area contributed by atoms with E-state index in [1.54, 1.807) is 29.2 Å². The standard InChI is InChI=1S/C18H27N3O3/c1-4-21(5-2)18(23)15-7-6-8-16(11-15)19-17(22)13-20-9-10-24-14(3)12-20/h6-8,11,14H,4-5,9-10,12-13H2,1-3H3,(H,19,22)/t14-/m1/s1. The number of amides is 2. The number of nitrogens with one attached hydrogen (secondary N) is 1. The Balaban J connectivity index is 1.96. The van der Waals surface area contributed by atoms with Crippen molar-refractivity contribution in [3.8, 4) is 0 Å². The Morgan fingerprint density at radius 3 is 2.75 bits per heavy atom. The molecular formula is C18H27N3O3. The molecule has 1 aliphatic rings. The van der Waals surface area contributed by atoms with E-state index in [-0.39, 0.29) is 17.9 Å². The molecule has 24 heavy (non-hydrogen) atoms. The maximum absolute atomic E-state index is 12.4. The highest BCUT2D eigenvalue weighted by Crippen LogP contribution is 2.13. The monoisotopic (exact) mass is 333 g/mol. The molecule has 0 spiro atoms. The molecule has 2 amide bonds. The Morgan fingerprint density at radius 1 is 1.33 bits per heavy atom. The predicted molar refractivity (Wildman–Crippen MR) is 94.2 cm³/mol. The zero-order chi connectivity index (χ0) is 17.5. The maximum Gasteiger partial charge on any atom is 0.253 e. The summed E-state index contributed by atoms with van der Waals surface area (Å²) < 4.78 is 5.48. The van der Waals surface area contributed by atoms with Crippen LogP contribution in [0.5, 0.6) is 0 Å². The van der Waals surface area contributed by atoms with E-state index in [0.29, 0.717) is 37.5 Å². The number of morpholine rings is 1. The van der Waals surface area contributed by atoms with Crippen molar-refractivity contribution < 1.29 is 14.3 Å². The first kappa shape index (κ1) is 18.4. The fourth-order valence-electron chi connectivity index (χ4n) is 2.86. The molecule has 1 fully saturated rings. The lowest BCUT2D eigenvalue weighted by Gasteiger charge is -2.30. The first-order valence-corrected chi connectivity index (χ1v) is 8.56. The minimum absolute atomic E-state index is 0.0156. The number of rotatable bonds is 6. The fourth-order valence-corrected chi connectivity index (χ4v) is 2.86. The Kier molecular flexibility index (Phi) is 6.75. The van der Waals surface area contributed by atoms with E-state index in [1.807, 2.05) is 20.8 Å². The van der Waals surface area contributed by atoms with Crippen LogP contribution < -0.4 is 5.32 Å². The number of hydrogen-bond acceptors (Lipinski definition) is 4. The van der Waals surface area contributed by atoms with E-state index in [0.717, 1.165) is 13.1 Å². The van der Waals surface area contributed by atoms with Gasteiger partial charge < -0.3 is 15.0 Å². The van der Waals surface area contributed by atoms with Gasteiger partial charge in [0.05, 0.1) is 19.3 Å². The largest absolute Gasteiger partial charge is 0.376 e. The van der Waals surface area contributed by atoms with Crippen LogP contribution in [-0.2, 0) is 9.53 Å². The molecule has 1 aromatic rings. The molecule has 0 bridgehead atoms. The molecule has 6 heteroatoms. The first-order chi connectivity index (χ1) is 11.5. The third kappa shape index (κ3) is 5.04. The van der Waals surface area contributed by atoms with Crippen LogP contribution in [0.15, 0.2) is 24.3 Å². The summed E-state index contributed by atoms with van der Waals surface area (Å²) in [7, 11) is 0. The minimum Gasteiger partial charge on any atom is -0.376 e. The Bertz CT molecular complexity index is 572. The third-order valence-electron chi connectivity index (χ3n) is 4.14. The van der Waals surface area contributed by atoms with Gasteiger partial charge >= 0.3 is 0 Å². The van der Waals surface area contributed by atoms with E-state index >= 15 is 0 Å². The van der Waals surface area contributed by atoms with Crippen LogP contribution in [0.4, 0.5) is 5.69 Å². The minimum atomic E-state index is -0.0726. The predicted octanol–water partition coefficient (Wildman–Crippen LogP) is 1.83. The molecule has 1 atom stereocenters. The van der Waals surface area contributed by atoms with Gasteiger partial charge in [0.1, 0.15) is 0 Å². The number of hydrogen-bond donors (Lipinski definition) is 1. The zero-order valence-corrected chi connectivity index (χ0v) is 14.7. The Labute approximate surface area is 143 Å². The van der Waals surface area contributed by atoms with Crippen molar-refractivity contribution in [2.24, 2.45) is 0 Å². The molecule has 0 aromatic heterocycles. The molecule has 132 valence electrons. The van der Waals surface area contributed by atoms with Crippen LogP contribution in [-0.4, -0.2) is 67.0 Å². The quantitative estimate of drug-likeness (QED) is 0.863. The number of benzene rings is 1. The van der Waals surface area contributed by atoms with Gasteiger partial charge in [-0.3, -0.25) is 14.5 Å². The van der Waals surface area contributed by atoms with Crippen LogP contribution in [0.3, 0.4) is 0 Å². The topological polar surface area (TPSA) is 61.9 Å². The van der Waals surface area contributed by atoms with Crippen LogP contribution in [0.1, 0.15) is 31.1 Å². The van der Waals surface area contributed by atoms with E-state index in [2.05, 4.69) is 10.2 Å². The Hall–Kier alpha value is -1.92. The maximum atomic E-state index is 12.4. The highest BCUT2D eigenvalue weighted by molar-refractivity contribution is 5.97. The van der Waals surface area contributed by atoms with E-state index in [1.165, 1.54) is 0 Å². The summed E-state index contributed by atoms with van der Waals surface area (Å²) in [5.41, 5.74) is 1.25. The van der Waals surface area contributed by atoms with Crippen molar-refractivity contribution in [3.05, 3.63) is 29.8 Å².